The van der Waals surface area contributed by atoms with E-state index in [9.17, 15) is 4.79 Å². The topological polar surface area (TPSA) is 51.2 Å². The van der Waals surface area contributed by atoms with Crippen LogP contribution in [0.5, 0.6) is 0 Å². The molecule has 1 N–H and O–H groups in total. The lowest BCUT2D eigenvalue weighted by Gasteiger charge is -2.07. The summed E-state index contributed by atoms with van der Waals surface area (Å²) in [5.74, 6) is 0. The Hall–Kier alpha value is -1.10. The number of hydrogen-bond acceptors (Lipinski definition) is 3. The van der Waals surface area contributed by atoms with Gasteiger partial charge in [-0.2, -0.15) is 0 Å². The van der Waals surface area contributed by atoms with Crippen molar-refractivity contribution in [3.63, 3.8) is 0 Å². The lowest BCUT2D eigenvalue weighted by atomic mass is 10.2. The molecule has 5 heteroatoms. The summed E-state index contributed by atoms with van der Waals surface area (Å²) in [6, 6.07) is 3.57. The first-order chi connectivity index (χ1) is 6.27. The maximum absolute atomic E-state index is 10.8. The Labute approximate surface area is 83.4 Å². The molecule has 0 aliphatic carbocycles. The molecule has 68 valence electrons. The summed E-state index contributed by atoms with van der Waals surface area (Å²) in [4.78, 5) is 14.9. The van der Waals surface area contributed by atoms with Gasteiger partial charge >= 0.3 is 6.09 Å². The molecule has 0 radical (unpaired) electrons. The van der Waals surface area contributed by atoms with E-state index in [0.717, 1.165) is 10.2 Å². The van der Waals surface area contributed by atoms with Gasteiger partial charge in [-0.3, -0.25) is 4.98 Å². The normalized spacial score (nSPS) is 21.0. The second-order valence-corrected chi connectivity index (χ2v) is 3.52. The molecular weight excluding hydrogens is 236 g/mol. The Morgan fingerprint density at radius 3 is 3.15 bits per heavy atom. The molecule has 2 rings (SSSR count). The molecule has 1 amide bonds. The molecule has 1 unspecified atom stereocenters. The van der Waals surface area contributed by atoms with Gasteiger partial charge in [-0.1, -0.05) is 0 Å². The van der Waals surface area contributed by atoms with E-state index in [2.05, 4.69) is 26.2 Å². The van der Waals surface area contributed by atoms with Crippen LogP contribution in [-0.2, 0) is 4.74 Å². The van der Waals surface area contributed by atoms with Crippen molar-refractivity contribution in [2.75, 3.05) is 6.61 Å². The van der Waals surface area contributed by atoms with Crippen LogP contribution in [0.4, 0.5) is 4.79 Å². The quantitative estimate of drug-likeness (QED) is 0.815. The van der Waals surface area contributed by atoms with Crippen LogP contribution in [0.15, 0.2) is 22.8 Å². The van der Waals surface area contributed by atoms with Crippen molar-refractivity contribution in [3.05, 3.63) is 28.5 Å². The molecule has 1 fully saturated rings. The average Bonchev–Trinajstić information content (AvgIpc) is 2.53. The standard InChI is InChI=1S/C8H7BrN2O2/c9-5-2-1-3-10-7(5)6-4-13-8(12)11-6/h1-3,6H,4H2,(H,11,12). The highest BCUT2D eigenvalue weighted by molar-refractivity contribution is 9.10. The number of carbonyl (C=O) groups excluding carboxylic acids is 1. The van der Waals surface area contributed by atoms with Gasteiger partial charge in [-0.15, -0.1) is 0 Å². The predicted octanol–water partition coefficient (Wildman–Crippen LogP) is 1.62. The fourth-order valence-electron chi connectivity index (χ4n) is 1.19. The molecule has 0 bridgehead atoms. The van der Waals surface area contributed by atoms with Gasteiger partial charge in [-0.25, -0.2) is 4.79 Å². The number of alkyl carbamates (subject to hydrolysis) is 1. The van der Waals surface area contributed by atoms with Crippen molar-refractivity contribution >= 4 is 22.0 Å². The first kappa shape index (κ1) is 8.50. The molecule has 0 spiro atoms. The number of pyridine rings is 1. The largest absolute Gasteiger partial charge is 0.447 e. The molecule has 1 saturated heterocycles. The van der Waals surface area contributed by atoms with E-state index in [1.54, 1.807) is 6.20 Å². The molecule has 0 saturated carbocycles. The number of nitrogens with one attached hydrogen (secondary N) is 1. The fourth-order valence-corrected chi connectivity index (χ4v) is 1.72. The van der Waals surface area contributed by atoms with E-state index >= 15 is 0 Å². The Morgan fingerprint density at radius 1 is 1.69 bits per heavy atom. The summed E-state index contributed by atoms with van der Waals surface area (Å²) in [5.41, 5.74) is 0.799. The van der Waals surface area contributed by atoms with Crippen LogP contribution in [-0.4, -0.2) is 17.7 Å². The Balaban J connectivity index is 2.26. The number of amides is 1. The monoisotopic (exact) mass is 242 g/mol. The smallest absolute Gasteiger partial charge is 0.407 e. The Kier molecular flexibility index (Phi) is 2.18. The average molecular weight is 243 g/mol. The molecule has 4 nitrogen and oxygen atoms in total. The Morgan fingerprint density at radius 2 is 2.54 bits per heavy atom. The fraction of sp³-hybridized carbons (Fsp3) is 0.250. The van der Waals surface area contributed by atoms with Gasteiger partial charge in [0.15, 0.2) is 0 Å². The van der Waals surface area contributed by atoms with Crippen molar-refractivity contribution in [1.82, 2.24) is 10.3 Å². The van der Waals surface area contributed by atoms with Crippen molar-refractivity contribution in [3.8, 4) is 0 Å². The van der Waals surface area contributed by atoms with E-state index in [1.807, 2.05) is 12.1 Å². The maximum atomic E-state index is 10.8. The van der Waals surface area contributed by atoms with Gasteiger partial charge < -0.3 is 10.1 Å². The molecule has 1 aliphatic heterocycles. The molecule has 13 heavy (non-hydrogen) atoms. The summed E-state index contributed by atoms with van der Waals surface area (Å²) >= 11 is 3.36. The van der Waals surface area contributed by atoms with Crippen molar-refractivity contribution in [1.29, 1.82) is 0 Å². The molecular formula is C8H7BrN2O2. The maximum Gasteiger partial charge on any atom is 0.407 e. The lowest BCUT2D eigenvalue weighted by Crippen LogP contribution is -2.19. The summed E-state index contributed by atoms with van der Waals surface area (Å²) in [7, 11) is 0. The van der Waals surface area contributed by atoms with Gasteiger partial charge in [0.05, 0.1) is 5.69 Å². The number of nitrogens with zero attached hydrogens (tertiary/aromatic N) is 1. The van der Waals surface area contributed by atoms with E-state index < -0.39 is 0 Å². The minimum atomic E-state index is -0.387. The molecule has 1 aliphatic rings. The third-order valence-electron chi connectivity index (χ3n) is 1.79. The van der Waals surface area contributed by atoms with Crippen LogP contribution >= 0.6 is 15.9 Å². The first-order valence-corrected chi connectivity index (χ1v) is 4.60. The minimum Gasteiger partial charge on any atom is -0.447 e. The Bertz CT molecular complexity index is 343. The van der Waals surface area contributed by atoms with Gasteiger partial charge in [0.1, 0.15) is 12.6 Å². The van der Waals surface area contributed by atoms with Crippen LogP contribution in [0.25, 0.3) is 0 Å². The zero-order valence-electron chi connectivity index (χ0n) is 6.66. The lowest BCUT2D eigenvalue weighted by molar-refractivity contribution is 0.177. The zero-order valence-corrected chi connectivity index (χ0v) is 8.24. The third kappa shape index (κ3) is 1.65. The van der Waals surface area contributed by atoms with Gasteiger partial charge in [0.2, 0.25) is 0 Å². The third-order valence-corrected chi connectivity index (χ3v) is 2.46. The van der Waals surface area contributed by atoms with Gasteiger partial charge in [0.25, 0.3) is 0 Å². The molecule has 2 heterocycles. The van der Waals surface area contributed by atoms with Gasteiger partial charge in [0, 0.05) is 10.7 Å². The molecule has 1 aromatic rings. The summed E-state index contributed by atoms with van der Waals surface area (Å²) in [5, 5.41) is 2.66. The highest BCUT2D eigenvalue weighted by Crippen LogP contribution is 2.23. The summed E-state index contributed by atoms with van der Waals surface area (Å²) in [6.45, 7) is 0.342. The molecule has 1 atom stereocenters. The molecule has 1 aromatic heterocycles. The van der Waals surface area contributed by atoms with E-state index in [0.29, 0.717) is 6.61 Å². The van der Waals surface area contributed by atoms with Crippen LogP contribution in [0, 0.1) is 0 Å². The van der Waals surface area contributed by atoms with E-state index in [4.69, 9.17) is 4.74 Å². The molecule has 0 aromatic carbocycles. The SMILES string of the molecule is O=C1NC(c2ncccc2Br)CO1. The minimum absolute atomic E-state index is 0.136. The van der Waals surface area contributed by atoms with Gasteiger partial charge in [-0.05, 0) is 28.1 Å². The van der Waals surface area contributed by atoms with Crippen LogP contribution in [0.2, 0.25) is 0 Å². The van der Waals surface area contributed by atoms with Crippen LogP contribution < -0.4 is 5.32 Å². The number of cyclic esters (lactones) is 1. The number of aromatic nitrogens is 1. The van der Waals surface area contributed by atoms with Crippen LogP contribution in [0.3, 0.4) is 0 Å². The highest BCUT2D eigenvalue weighted by Gasteiger charge is 2.26. The number of carbonyl (C=O) groups is 1. The van der Waals surface area contributed by atoms with Crippen molar-refractivity contribution < 1.29 is 9.53 Å². The van der Waals surface area contributed by atoms with Crippen LogP contribution in [0.1, 0.15) is 11.7 Å². The highest BCUT2D eigenvalue weighted by atomic mass is 79.9. The summed E-state index contributed by atoms with van der Waals surface area (Å²) < 4.78 is 5.64. The first-order valence-electron chi connectivity index (χ1n) is 3.81. The number of ether oxygens (including phenoxy) is 1. The number of rotatable bonds is 1. The second-order valence-electron chi connectivity index (χ2n) is 2.67. The van der Waals surface area contributed by atoms with E-state index in [-0.39, 0.29) is 12.1 Å². The van der Waals surface area contributed by atoms with E-state index in [1.165, 1.54) is 0 Å². The van der Waals surface area contributed by atoms with Crippen molar-refractivity contribution in [2.45, 2.75) is 6.04 Å². The summed E-state index contributed by atoms with van der Waals surface area (Å²) in [6.07, 6.45) is 1.30. The number of hydrogen-bond donors (Lipinski definition) is 1. The predicted molar refractivity (Wildman–Crippen MR) is 49.2 cm³/mol. The zero-order chi connectivity index (χ0) is 9.26. The second kappa shape index (κ2) is 3.33. The van der Waals surface area contributed by atoms with Crippen molar-refractivity contribution in [2.24, 2.45) is 0 Å². The number of halogens is 1.